The molecule has 1 heterocycles. The van der Waals surface area contributed by atoms with Gasteiger partial charge in [-0.05, 0) is 85.5 Å². The smallest absolute Gasteiger partial charge is 0.264 e. The van der Waals surface area contributed by atoms with Gasteiger partial charge < -0.3 is 10.1 Å². The van der Waals surface area contributed by atoms with Crippen LogP contribution in [0.4, 0.5) is 10.1 Å². The van der Waals surface area contributed by atoms with E-state index < -0.39 is 10.0 Å². The number of sulfonamides is 1. The molecular formula is C26H25FN2O4S2. The maximum absolute atomic E-state index is 13.3. The first kappa shape index (κ1) is 24.7. The molecular weight excluding hydrogens is 487 g/mol. The van der Waals surface area contributed by atoms with Gasteiger partial charge in [0.25, 0.3) is 15.9 Å². The molecule has 3 aromatic carbocycles. The van der Waals surface area contributed by atoms with Gasteiger partial charge in [0.15, 0.2) is 0 Å². The van der Waals surface area contributed by atoms with Crippen molar-refractivity contribution in [3.63, 3.8) is 0 Å². The van der Waals surface area contributed by atoms with Crippen LogP contribution in [0.25, 0.3) is 10.1 Å². The minimum atomic E-state index is -3.78. The maximum atomic E-state index is 13.3. The molecule has 35 heavy (non-hydrogen) atoms. The zero-order valence-electron chi connectivity index (χ0n) is 19.5. The molecule has 0 aliphatic heterocycles. The van der Waals surface area contributed by atoms with E-state index in [1.54, 1.807) is 49.4 Å². The first-order valence-electron chi connectivity index (χ1n) is 11.0. The number of ether oxygens (including phenoxy) is 1. The van der Waals surface area contributed by atoms with Crippen LogP contribution in [0.3, 0.4) is 0 Å². The molecule has 0 bridgehead atoms. The van der Waals surface area contributed by atoms with Crippen LogP contribution in [0, 0.1) is 5.82 Å². The van der Waals surface area contributed by atoms with Crippen LogP contribution >= 0.6 is 11.3 Å². The van der Waals surface area contributed by atoms with Gasteiger partial charge in [-0.25, -0.2) is 12.8 Å². The van der Waals surface area contributed by atoms with Crippen LogP contribution in [0.2, 0.25) is 0 Å². The van der Waals surface area contributed by atoms with Crippen molar-refractivity contribution in [1.82, 2.24) is 5.32 Å². The second-order valence-electron chi connectivity index (χ2n) is 7.92. The molecule has 0 aliphatic carbocycles. The van der Waals surface area contributed by atoms with Gasteiger partial charge in [-0.3, -0.25) is 9.10 Å². The quantitative estimate of drug-likeness (QED) is 0.326. The van der Waals surface area contributed by atoms with E-state index in [-0.39, 0.29) is 29.2 Å². The average Bonchev–Trinajstić information content (AvgIpc) is 3.28. The Kier molecular flexibility index (Phi) is 7.09. The molecule has 4 aromatic rings. The number of hydrogen-bond acceptors (Lipinski definition) is 5. The first-order valence-corrected chi connectivity index (χ1v) is 13.3. The highest BCUT2D eigenvalue weighted by molar-refractivity contribution is 7.92. The third-order valence-corrected chi connectivity index (χ3v) is 8.70. The van der Waals surface area contributed by atoms with Gasteiger partial charge in [0.2, 0.25) is 0 Å². The molecule has 0 aliphatic rings. The fourth-order valence-electron chi connectivity index (χ4n) is 3.77. The third-order valence-electron chi connectivity index (χ3n) is 5.66. The number of rotatable bonds is 8. The Morgan fingerprint density at radius 1 is 1.06 bits per heavy atom. The summed E-state index contributed by atoms with van der Waals surface area (Å²) in [5.74, 6) is -0.00302. The summed E-state index contributed by atoms with van der Waals surface area (Å²) in [5, 5.41) is 3.70. The number of hydrogen-bond donors (Lipinski definition) is 1. The second-order valence-corrected chi connectivity index (χ2v) is 10.9. The number of methoxy groups -OCH3 is 1. The van der Waals surface area contributed by atoms with E-state index in [0.717, 1.165) is 15.6 Å². The standard InChI is InChI=1S/C26H25FN2O4S2/c1-4-29(35(31,32)23-12-10-22(33-3)11-13-23)21-9-14-24-19(15-21)16-25(34-24)26(30)28-17(2)18-5-7-20(27)8-6-18/h5-17H,4H2,1-3H3,(H,28,30)/t17-/m1/s1. The Morgan fingerprint density at radius 3 is 2.37 bits per heavy atom. The highest BCUT2D eigenvalue weighted by atomic mass is 32.2. The zero-order valence-corrected chi connectivity index (χ0v) is 21.1. The molecule has 0 spiro atoms. The van der Waals surface area contributed by atoms with Crippen molar-refractivity contribution >= 4 is 43.0 Å². The summed E-state index contributed by atoms with van der Waals surface area (Å²) in [6, 6.07) is 19.1. The van der Waals surface area contributed by atoms with Gasteiger partial charge in [0.1, 0.15) is 11.6 Å². The molecule has 0 radical (unpaired) electrons. The summed E-state index contributed by atoms with van der Waals surface area (Å²) in [6.07, 6.45) is 0. The second kappa shape index (κ2) is 10.1. The lowest BCUT2D eigenvalue weighted by Crippen LogP contribution is -2.30. The van der Waals surface area contributed by atoms with Gasteiger partial charge in [-0.15, -0.1) is 11.3 Å². The van der Waals surface area contributed by atoms with Crippen LogP contribution < -0.4 is 14.4 Å². The fraction of sp³-hybridized carbons (Fsp3) is 0.192. The summed E-state index contributed by atoms with van der Waals surface area (Å²) in [5.41, 5.74) is 1.31. The molecule has 1 aromatic heterocycles. The molecule has 1 amide bonds. The number of benzene rings is 3. The van der Waals surface area contributed by atoms with Gasteiger partial charge in [0, 0.05) is 11.2 Å². The maximum Gasteiger partial charge on any atom is 0.264 e. The molecule has 9 heteroatoms. The number of thiophene rings is 1. The number of anilines is 1. The van der Waals surface area contributed by atoms with Crippen molar-refractivity contribution in [2.75, 3.05) is 18.0 Å². The first-order chi connectivity index (χ1) is 16.7. The Labute approximate surface area is 208 Å². The predicted octanol–water partition coefficient (Wildman–Crippen LogP) is 5.76. The molecule has 4 rings (SSSR count). The molecule has 1 N–H and O–H groups in total. The molecule has 0 saturated heterocycles. The van der Waals surface area contributed by atoms with Gasteiger partial charge in [0.05, 0.1) is 28.6 Å². The van der Waals surface area contributed by atoms with Crippen molar-refractivity contribution in [3.8, 4) is 5.75 Å². The summed E-state index contributed by atoms with van der Waals surface area (Å²) < 4.78 is 47.1. The predicted molar refractivity (Wildman–Crippen MR) is 137 cm³/mol. The summed E-state index contributed by atoms with van der Waals surface area (Å²) in [7, 11) is -2.26. The number of nitrogens with one attached hydrogen (secondary N) is 1. The van der Waals surface area contributed by atoms with Gasteiger partial charge in [-0.1, -0.05) is 12.1 Å². The normalized spacial score (nSPS) is 12.3. The minimum Gasteiger partial charge on any atom is -0.497 e. The van der Waals surface area contributed by atoms with E-state index in [1.807, 2.05) is 13.0 Å². The topological polar surface area (TPSA) is 75.7 Å². The Hall–Kier alpha value is -3.43. The summed E-state index contributed by atoms with van der Waals surface area (Å²) in [6.45, 7) is 3.85. The van der Waals surface area contributed by atoms with E-state index >= 15 is 0 Å². The largest absolute Gasteiger partial charge is 0.497 e. The van der Waals surface area contributed by atoms with E-state index in [4.69, 9.17) is 4.74 Å². The lowest BCUT2D eigenvalue weighted by Gasteiger charge is -2.23. The Balaban J connectivity index is 1.58. The van der Waals surface area contributed by atoms with E-state index in [2.05, 4.69) is 5.32 Å². The lowest BCUT2D eigenvalue weighted by molar-refractivity contribution is 0.0944. The average molecular weight is 513 g/mol. The van der Waals surface area contributed by atoms with Crippen molar-refractivity contribution in [1.29, 1.82) is 0 Å². The molecule has 0 unspecified atom stereocenters. The highest BCUT2D eigenvalue weighted by Gasteiger charge is 2.24. The molecule has 0 saturated carbocycles. The number of amides is 1. The van der Waals surface area contributed by atoms with Crippen molar-refractivity contribution in [3.05, 3.63) is 89.1 Å². The Bertz CT molecular complexity index is 1450. The van der Waals surface area contributed by atoms with Crippen molar-refractivity contribution in [2.24, 2.45) is 0 Å². The fourth-order valence-corrected chi connectivity index (χ4v) is 6.18. The SMILES string of the molecule is CCN(c1ccc2sc(C(=O)N[C@H](C)c3ccc(F)cc3)cc2c1)S(=O)(=O)c1ccc(OC)cc1. The van der Waals surface area contributed by atoms with Crippen LogP contribution in [0.1, 0.15) is 35.1 Å². The van der Waals surface area contributed by atoms with Gasteiger partial charge >= 0.3 is 0 Å². The van der Waals surface area contributed by atoms with Crippen molar-refractivity contribution in [2.45, 2.75) is 24.8 Å². The highest BCUT2D eigenvalue weighted by Crippen LogP contribution is 2.32. The van der Waals surface area contributed by atoms with Crippen LogP contribution in [-0.4, -0.2) is 28.0 Å². The number of halogens is 1. The zero-order chi connectivity index (χ0) is 25.2. The third kappa shape index (κ3) is 5.16. The number of carbonyl (C=O) groups is 1. The van der Waals surface area contributed by atoms with Crippen LogP contribution in [-0.2, 0) is 10.0 Å². The Morgan fingerprint density at radius 2 is 1.74 bits per heavy atom. The number of carbonyl (C=O) groups excluding carboxylic acids is 1. The monoisotopic (exact) mass is 512 g/mol. The minimum absolute atomic E-state index is 0.167. The molecule has 0 fully saturated rings. The number of nitrogens with zero attached hydrogens (tertiary/aromatic N) is 1. The van der Waals surface area contributed by atoms with Crippen LogP contribution in [0.5, 0.6) is 5.75 Å². The van der Waals surface area contributed by atoms with Crippen molar-refractivity contribution < 1.29 is 22.3 Å². The van der Waals surface area contributed by atoms with E-state index in [0.29, 0.717) is 16.3 Å². The summed E-state index contributed by atoms with van der Waals surface area (Å²) in [4.78, 5) is 13.5. The number of fused-ring (bicyclic) bond motifs is 1. The van der Waals surface area contributed by atoms with Gasteiger partial charge in [-0.2, -0.15) is 0 Å². The molecule has 182 valence electrons. The lowest BCUT2D eigenvalue weighted by atomic mass is 10.1. The van der Waals surface area contributed by atoms with Crippen LogP contribution in [0.15, 0.2) is 77.7 Å². The summed E-state index contributed by atoms with van der Waals surface area (Å²) >= 11 is 1.33. The van der Waals surface area contributed by atoms with E-state index in [9.17, 15) is 17.6 Å². The molecule has 1 atom stereocenters. The van der Waals surface area contributed by atoms with E-state index in [1.165, 1.54) is 47.0 Å². The molecule has 6 nitrogen and oxygen atoms in total.